The molecule has 118 valence electrons. The number of fused-ring (bicyclic) bond motifs is 1. The second-order valence-electron chi connectivity index (χ2n) is 4.61. The molecule has 0 N–H and O–H groups in total. The summed E-state index contributed by atoms with van der Waals surface area (Å²) in [5, 5.41) is 4.23. The van der Waals surface area contributed by atoms with E-state index in [0.29, 0.717) is 10.9 Å². The SMILES string of the molecule is CCOC(=O)c1cnc(-n2nc(C(F)F)c3ccccc32)nc1. The van der Waals surface area contributed by atoms with E-state index in [0.717, 1.165) is 0 Å². The van der Waals surface area contributed by atoms with Gasteiger partial charge >= 0.3 is 5.97 Å². The molecule has 3 aromatic rings. The Hall–Kier alpha value is -2.90. The predicted molar refractivity (Wildman–Crippen MR) is 77.6 cm³/mol. The zero-order valence-electron chi connectivity index (χ0n) is 12.1. The van der Waals surface area contributed by atoms with Gasteiger partial charge in [-0.15, -0.1) is 0 Å². The van der Waals surface area contributed by atoms with Gasteiger partial charge in [0, 0.05) is 17.8 Å². The maximum absolute atomic E-state index is 13.1. The maximum Gasteiger partial charge on any atom is 0.341 e. The van der Waals surface area contributed by atoms with E-state index in [1.54, 1.807) is 31.2 Å². The fourth-order valence-electron chi connectivity index (χ4n) is 2.15. The van der Waals surface area contributed by atoms with Crippen molar-refractivity contribution in [2.75, 3.05) is 6.61 Å². The Morgan fingerprint density at radius 2 is 1.96 bits per heavy atom. The molecule has 0 atom stereocenters. The highest BCUT2D eigenvalue weighted by atomic mass is 19.3. The van der Waals surface area contributed by atoms with Crippen LogP contribution in [0.1, 0.15) is 29.4 Å². The number of hydrogen-bond acceptors (Lipinski definition) is 5. The van der Waals surface area contributed by atoms with Crippen molar-refractivity contribution >= 4 is 16.9 Å². The molecule has 0 aliphatic heterocycles. The molecule has 0 bridgehead atoms. The number of ether oxygens (including phenoxy) is 1. The van der Waals surface area contributed by atoms with Crippen LogP contribution in [0.5, 0.6) is 0 Å². The molecule has 3 rings (SSSR count). The smallest absolute Gasteiger partial charge is 0.341 e. The third-order valence-electron chi connectivity index (χ3n) is 3.16. The number of benzene rings is 1. The highest BCUT2D eigenvalue weighted by Crippen LogP contribution is 2.27. The molecule has 0 fully saturated rings. The van der Waals surface area contributed by atoms with Crippen LogP contribution in [0.2, 0.25) is 0 Å². The summed E-state index contributed by atoms with van der Waals surface area (Å²) in [6.45, 7) is 1.93. The van der Waals surface area contributed by atoms with Gasteiger partial charge < -0.3 is 4.74 Å². The first-order valence-electron chi connectivity index (χ1n) is 6.87. The van der Waals surface area contributed by atoms with Gasteiger partial charge in [0.1, 0.15) is 5.69 Å². The Morgan fingerprint density at radius 1 is 1.26 bits per heavy atom. The molecule has 2 aromatic heterocycles. The third-order valence-corrected chi connectivity index (χ3v) is 3.16. The number of nitrogens with zero attached hydrogens (tertiary/aromatic N) is 4. The van der Waals surface area contributed by atoms with Crippen LogP contribution in [0.15, 0.2) is 36.7 Å². The highest BCUT2D eigenvalue weighted by molar-refractivity contribution is 5.88. The topological polar surface area (TPSA) is 69.9 Å². The molecule has 0 spiro atoms. The second kappa shape index (κ2) is 6.07. The average molecular weight is 318 g/mol. The van der Waals surface area contributed by atoms with Crippen molar-refractivity contribution in [2.45, 2.75) is 13.3 Å². The van der Waals surface area contributed by atoms with Crippen molar-refractivity contribution in [3.05, 3.63) is 47.9 Å². The van der Waals surface area contributed by atoms with Gasteiger partial charge in [0.05, 0.1) is 17.7 Å². The summed E-state index contributed by atoms with van der Waals surface area (Å²) < 4.78 is 32.3. The van der Waals surface area contributed by atoms with Gasteiger partial charge in [0.2, 0.25) is 0 Å². The van der Waals surface area contributed by atoms with Crippen LogP contribution >= 0.6 is 0 Å². The molecular weight excluding hydrogens is 306 g/mol. The lowest BCUT2D eigenvalue weighted by molar-refractivity contribution is 0.0525. The first-order valence-corrected chi connectivity index (χ1v) is 6.87. The molecule has 8 heteroatoms. The van der Waals surface area contributed by atoms with Gasteiger partial charge in [-0.25, -0.2) is 23.5 Å². The van der Waals surface area contributed by atoms with Crippen LogP contribution < -0.4 is 0 Å². The van der Waals surface area contributed by atoms with E-state index in [1.165, 1.54) is 17.1 Å². The standard InChI is InChI=1S/C15H12F2N4O2/c1-2-23-14(22)9-7-18-15(19-8-9)21-11-6-4-3-5-10(11)12(20-21)13(16)17/h3-8,13H,2H2,1H3. The summed E-state index contributed by atoms with van der Waals surface area (Å²) >= 11 is 0. The molecule has 0 amide bonds. The van der Waals surface area contributed by atoms with Crippen LogP contribution in [0.25, 0.3) is 16.9 Å². The van der Waals surface area contributed by atoms with Gasteiger partial charge in [0.15, 0.2) is 0 Å². The molecule has 0 radical (unpaired) electrons. The van der Waals surface area contributed by atoms with E-state index in [4.69, 9.17) is 4.74 Å². The predicted octanol–water partition coefficient (Wildman–Crippen LogP) is 2.93. The zero-order valence-corrected chi connectivity index (χ0v) is 12.1. The van der Waals surface area contributed by atoms with E-state index < -0.39 is 12.4 Å². The second-order valence-corrected chi connectivity index (χ2v) is 4.61. The first-order chi connectivity index (χ1) is 11.1. The monoisotopic (exact) mass is 318 g/mol. The molecule has 2 heterocycles. The van der Waals surface area contributed by atoms with Crippen LogP contribution in [0.4, 0.5) is 8.78 Å². The minimum atomic E-state index is -2.71. The lowest BCUT2D eigenvalue weighted by atomic mass is 10.2. The summed E-state index contributed by atoms with van der Waals surface area (Å²) in [5.41, 5.74) is 0.312. The van der Waals surface area contributed by atoms with Crippen molar-refractivity contribution in [1.29, 1.82) is 0 Å². The Bertz CT molecular complexity index is 846. The zero-order chi connectivity index (χ0) is 16.4. The Balaban J connectivity index is 2.05. The highest BCUT2D eigenvalue weighted by Gasteiger charge is 2.20. The Labute approximate surface area is 129 Å². The van der Waals surface area contributed by atoms with Crippen LogP contribution in [0.3, 0.4) is 0 Å². The van der Waals surface area contributed by atoms with Gasteiger partial charge in [-0.3, -0.25) is 0 Å². The van der Waals surface area contributed by atoms with E-state index in [-0.39, 0.29) is 23.8 Å². The van der Waals surface area contributed by atoms with Crippen molar-refractivity contribution in [3.63, 3.8) is 0 Å². The van der Waals surface area contributed by atoms with E-state index in [1.807, 2.05) is 0 Å². The number of para-hydroxylation sites is 1. The van der Waals surface area contributed by atoms with Gasteiger partial charge in [0.25, 0.3) is 12.4 Å². The number of aromatic nitrogens is 4. The minimum absolute atomic E-state index is 0.0983. The molecule has 0 saturated carbocycles. The Kier molecular flexibility index (Phi) is 3.96. The number of esters is 1. The minimum Gasteiger partial charge on any atom is -0.462 e. The van der Waals surface area contributed by atoms with E-state index in [2.05, 4.69) is 15.1 Å². The van der Waals surface area contributed by atoms with Gasteiger partial charge in [-0.1, -0.05) is 18.2 Å². The molecule has 0 aliphatic rings. The third kappa shape index (κ3) is 2.75. The number of carbonyl (C=O) groups excluding carboxylic acids is 1. The van der Waals surface area contributed by atoms with Crippen molar-refractivity contribution in [1.82, 2.24) is 19.7 Å². The Morgan fingerprint density at radius 3 is 2.61 bits per heavy atom. The largest absolute Gasteiger partial charge is 0.462 e. The fourth-order valence-corrected chi connectivity index (χ4v) is 2.15. The summed E-state index contributed by atoms with van der Waals surface area (Å²) in [7, 11) is 0. The van der Waals surface area contributed by atoms with Crippen molar-refractivity contribution < 1.29 is 18.3 Å². The normalized spacial score (nSPS) is 11.1. The summed E-state index contributed by atoms with van der Waals surface area (Å²) in [5.74, 6) is -0.446. The number of carbonyl (C=O) groups is 1. The summed E-state index contributed by atoms with van der Waals surface area (Å²) in [4.78, 5) is 19.6. The number of halogens is 2. The molecule has 6 nitrogen and oxygen atoms in total. The quantitative estimate of drug-likeness (QED) is 0.692. The van der Waals surface area contributed by atoms with E-state index >= 15 is 0 Å². The van der Waals surface area contributed by atoms with Crippen LogP contribution in [-0.4, -0.2) is 32.3 Å². The number of alkyl halides is 2. The summed E-state index contributed by atoms with van der Waals surface area (Å²) in [6, 6.07) is 6.58. The molecule has 23 heavy (non-hydrogen) atoms. The molecule has 0 unspecified atom stereocenters. The van der Waals surface area contributed by atoms with Crippen molar-refractivity contribution in [3.8, 4) is 5.95 Å². The van der Waals surface area contributed by atoms with Crippen molar-refractivity contribution in [2.24, 2.45) is 0 Å². The maximum atomic E-state index is 13.1. The summed E-state index contributed by atoms with van der Waals surface area (Å²) in [6.07, 6.45) is -0.155. The number of rotatable bonds is 4. The lowest BCUT2D eigenvalue weighted by Crippen LogP contribution is -2.09. The average Bonchev–Trinajstić information content (AvgIpc) is 2.95. The molecular formula is C15H12F2N4O2. The van der Waals surface area contributed by atoms with Gasteiger partial charge in [-0.05, 0) is 13.0 Å². The molecule has 0 saturated heterocycles. The lowest BCUT2D eigenvalue weighted by Gasteiger charge is -2.03. The van der Waals surface area contributed by atoms with Crippen LogP contribution in [0, 0.1) is 0 Å². The number of hydrogen-bond donors (Lipinski definition) is 0. The fraction of sp³-hybridized carbons (Fsp3) is 0.200. The molecule has 0 aliphatic carbocycles. The first kappa shape index (κ1) is 15.0. The van der Waals surface area contributed by atoms with Crippen LogP contribution in [-0.2, 0) is 4.74 Å². The van der Waals surface area contributed by atoms with Gasteiger partial charge in [-0.2, -0.15) is 9.78 Å². The van der Waals surface area contributed by atoms with E-state index in [9.17, 15) is 13.6 Å². The molecule has 1 aromatic carbocycles.